The zero-order chi connectivity index (χ0) is 27.1. The zero-order valence-electron chi connectivity index (χ0n) is 21.8. The summed E-state index contributed by atoms with van der Waals surface area (Å²) in [5.41, 5.74) is -1.10. The number of ether oxygens (including phenoxy) is 2. The maximum atomic E-state index is 13.1. The van der Waals surface area contributed by atoms with Crippen molar-refractivity contribution in [3.63, 3.8) is 0 Å². The first-order valence-electron chi connectivity index (χ1n) is 11.9. The molecule has 3 amide bonds. The molecule has 12 nitrogen and oxygen atoms in total. The Morgan fingerprint density at radius 2 is 1.69 bits per heavy atom. The molecule has 0 radical (unpaired) electrons. The Kier molecular flexibility index (Phi) is 9.48. The van der Waals surface area contributed by atoms with Crippen molar-refractivity contribution in [1.29, 1.82) is 0 Å². The molecule has 0 aliphatic carbocycles. The maximum absolute atomic E-state index is 13.1. The van der Waals surface area contributed by atoms with Gasteiger partial charge in [0.2, 0.25) is 0 Å². The summed E-state index contributed by atoms with van der Waals surface area (Å²) in [6, 6.07) is 3.95. The smallest absolute Gasteiger partial charge is 0.407 e. The van der Waals surface area contributed by atoms with E-state index in [9.17, 15) is 24.5 Å². The van der Waals surface area contributed by atoms with E-state index in [2.05, 4.69) is 16.0 Å². The van der Waals surface area contributed by atoms with Gasteiger partial charge in [0.15, 0.2) is 0 Å². The third-order valence-electron chi connectivity index (χ3n) is 4.98. The minimum atomic E-state index is -0.630. The van der Waals surface area contributed by atoms with Crippen molar-refractivity contribution in [2.24, 2.45) is 0 Å². The SMILES string of the molecule is CC(C)(C)OC(=O)NCCNc1ccc(C(=O)N2CCCC(NC(=O)OC(C)(C)C)C2)cc1[N+](=O)[O-]. The first-order valence-corrected chi connectivity index (χ1v) is 11.9. The average molecular weight is 508 g/mol. The minimum Gasteiger partial charge on any atom is -0.444 e. The van der Waals surface area contributed by atoms with Crippen molar-refractivity contribution < 1.29 is 28.8 Å². The summed E-state index contributed by atoms with van der Waals surface area (Å²) in [6.07, 6.45) is 0.247. The third-order valence-corrected chi connectivity index (χ3v) is 4.98. The van der Waals surface area contributed by atoms with E-state index in [0.29, 0.717) is 19.4 Å². The Hall–Kier alpha value is -3.57. The molecule has 0 saturated carbocycles. The number of nitro benzene ring substituents is 1. The number of hydrogen-bond acceptors (Lipinski definition) is 8. The average Bonchev–Trinajstić information content (AvgIpc) is 2.73. The van der Waals surface area contributed by atoms with Crippen LogP contribution in [0.5, 0.6) is 0 Å². The van der Waals surface area contributed by atoms with E-state index in [0.717, 1.165) is 0 Å². The van der Waals surface area contributed by atoms with Gasteiger partial charge in [0.1, 0.15) is 16.9 Å². The number of carbonyl (C=O) groups is 3. The molecule has 1 aromatic rings. The topological polar surface area (TPSA) is 152 Å². The molecule has 3 N–H and O–H groups in total. The number of nitrogens with one attached hydrogen (secondary N) is 3. The van der Waals surface area contributed by atoms with Gasteiger partial charge >= 0.3 is 12.2 Å². The van der Waals surface area contributed by atoms with Crippen molar-refractivity contribution in [2.75, 3.05) is 31.5 Å². The Labute approximate surface area is 211 Å². The summed E-state index contributed by atoms with van der Waals surface area (Å²) in [6.45, 7) is 11.7. The Balaban J connectivity index is 1.98. The van der Waals surface area contributed by atoms with Crippen LogP contribution in [0.3, 0.4) is 0 Å². The number of alkyl carbamates (subject to hydrolysis) is 2. The van der Waals surface area contributed by atoms with Crippen molar-refractivity contribution >= 4 is 29.5 Å². The molecule has 36 heavy (non-hydrogen) atoms. The standard InChI is InChI=1S/C24H37N5O7/c1-23(2,3)35-21(31)26-12-11-25-18-10-9-16(14-19(18)29(33)34)20(30)28-13-7-8-17(15-28)27-22(32)36-24(4,5)6/h9-10,14,17,25H,7-8,11-13,15H2,1-6H3,(H,26,31)(H,27,32). The highest BCUT2D eigenvalue weighted by Gasteiger charge is 2.28. The molecule has 1 heterocycles. The largest absolute Gasteiger partial charge is 0.444 e. The summed E-state index contributed by atoms with van der Waals surface area (Å²) < 4.78 is 10.4. The molecule has 0 bridgehead atoms. The number of rotatable bonds is 7. The van der Waals surface area contributed by atoms with E-state index in [1.165, 1.54) is 18.2 Å². The first-order chi connectivity index (χ1) is 16.6. The van der Waals surface area contributed by atoms with Crippen LogP contribution in [0.25, 0.3) is 0 Å². The van der Waals surface area contributed by atoms with Gasteiger partial charge in [-0.15, -0.1) is 0 Å². The summed E-state index contributed by atoms with van der Waals surface area (Å²) in [5, 5.41) is 19.9. The number of hydrogen-bond donors (Lipinski definition) is 3. The van der Waals surface area contributed by atoms with Crippen LogP contribution in [0.15, 0.2) is 18.2 Å². The van der Waals surface area contributed by atoms with Crippen LogP contribution in [-0.4, -0.2) is 71.3 Å². The van der Waals surface area contributed by atoms with Gasteiger partial charge in [0.25, 0.3) is 11.6 Å². The van der Waals surface area contributed by atoms with Gasteiger partial charge in [-0.3, -0.25) is 14.9 Å². The number of piperidine rings is 1. The van der Waals surface area contributed by atoms with Crippen LogP contribution >= 0.6 is 0 Å². The molecule has 0 aromatic heterocycles. The molecule has 1 saturated heterocycles. The maximum Gasteiger partial charge on any atom is 0.407 e. The third kappa shape index (κ3) is 9.59. The lowest BCUT2D eigenvalue weighted by Gasteiger charge is -2.33. The van der Waals surface area contributed by atoms with Crippen LogP contribution in [0, 0.1) is 10.1 Å². The van der Waals surface area contributed by atoms with Crippen molar-refractivity contribution in [1.82, 2.24) is 15.5 Å². The summed E-state index contributed by atoms with van der Waals surface area (Å²) >= 11 is 0. The fourth-order valence-corrected chi connectivity index (χ4v) is 3.58. The van der Waals surface area contributed by atoms with Crippen LogP contribution in [-0.2, 0) is 9.47 Å². The molecule has 1 unspecified atom stereocenters. The number of amides is 3. The molecule has 1 aliphatic heterocycles. The van der Waals surface area contributed by atoms with Gasteiger partial charge in [-0.05, 0) is 66.5 Å². The second kappa shape index (κ2) is 11.9. The molecular weight excluding hydrogens is 470 g/mol. The van der Waals surface area contributed by atoms with E-state index in [-0.39, 0.29) is 48.5 Å². The van der Waals surface area contributed by atoms with Crippen LogP contribution in [0.2, 0.25) is 0 Å². The summed E-state index contributed by atoms with van der Waals surface area (Å²) in [7, 11) is 0. The summed E-state index contributed by atoms with van der Waals surface area (Å²) in [4.78, 5) is 49.5. The van der Waals surface area contributed by atoms with Gasteiger partial charge in [-0.1, -0.05) is 0 Å². The Morgan fingerprint density at radius 3 is 2.31 bits per heavy atom. The highest BCUT2D eigenvalue weighted by Crippen LogP contribution is 2.27. The molecule has 0 spiro atoms. The molecular formula is C24H37N5O7. The second-order valence-corrected chi connectivity index (χ2v) is 10.6. The number of anilines is 1. The predicted molar refractivity (Wildman–Crippen MR) is 134 cm³/mol. The number of carbonyl (C=O) groups excluding carboxylic acids is 3. The van der Waals surface area contributed by atoms with Crippen molar-refractivity contribution in [3.8, 4) is 0 Å². The molecule has 1 aliphatic rings. The number of nitrogens with zero attached hydrogens (tertiary/aromatic N) is 2. The quantitative estimate of drug-likeness (QED) is 0.287. The lowest BCUT2D eigenvalue weighted by molar-refractivity contribution is -0.384. The van der Waals surface area contributed by atoms with Gasteiger partial charge < -0.3 is 30.3 Å². The Bertz CT molecular complexity index is 969. The molecule has 2 rings (SSSR count). The van der Waals surface area contributed by atoms with Gasteiger partial charge in [0.05, 0.1) is 4.92 Å². The number of benzene rings is 1. The second-order valence-electron chi connectivity index (χ2n) is 10.6. The van der Waals surface area contributed by atoms with Gasteiger partial charge in [-0.2, -0.15) is 0 Å². The number of likely N-dealkylation sites (tertiary alicyclic amines) is 1. The predicted octanol–water partition coefficient (Wildman–Crippen LogP) is 3.66. The van der Waals surface area contributed by atoms with E-state index >= 15 is 0 Å². The molecule has 200 valence electrons. The Morgan fingerprint density at radius 1 is 1.06 bits per heavy atom. The lowest BCUT2D eigenvalue weighted by atomic mass is 10.0. The van der Waals surface area contributed by atoms with Crippen molar-refractivity contribution in [2.45, 2.75) is 71.6 Å². The van der Waals surface area contributed by atoms with Crippen LogP contribution in [0.4, 0.5) is 21.0 Å². The molecule has 1 atom stereocenters. The molecule has 12 heteroatoms. The van der Waals surface area contributed by atoms with Crippen molar-refractivity contribution in [3.05, 3.63) is 33.9 Å². The minimum absolute atomic E-state index is 0.178. The van der Waals surface area contributed by atoms with Crippen LogP contribution < -0.4 is 16.0 Å². The fraction of sp³-hybridized carbons (Fsp3) is 0.625. The summed E-state index contributed by atoms with van der Waals surface area (Å²) in [5.74, 6) is -0.355. The zero-order valence-corrected chi connectivity index (χ0v) is 21.8. The monoisotopic (exact) mass is 507 g/mol. The number of nitro groups is 1. The normalized spacial score (nSPS) is 16.1. The van der Waals surface area contributed by atoms with E-state index in [1.54, 1.807) is 46.4 Å². The van der Waals surface area contributed by atoms with Gasteiger partial charge in [0, 0.05) is 43.9 Å². The highest BCUT2D eigenvalue weighted by atomic mass is 16.6. The fourth-order valence-electron chi connectivity index (χ4n) is 3.58. The van der Waals surface area contributed by atoms with Crippen LogP contribution in [0.1, 0.15) is 64.7 Å². The van der Waals surface area contributed by atoms with Gasteiger partial charge in [-0.25, -0.2) is 9.59 Å². The highest BCUT2D eigenvalue weighted by molar-refractivity contribution is 5.96. The molecule has 1 fully saturated rings. The lowest BCUT2D eigenvalue weighted by Crippen LogP contribution is -2.50. The van der Waals surface area contributed by atoms with E-state index < -0.39 is 28.3 Å². The van der Waals surface area contributed by atoms with E-state index in [4.69, 9.17) is 9.47 Å². The first kappa shape index (κ1) is 28.7. The molecule has 1 aromatic carbocycles. The van der Waals surface area contributed by atoms with E-state index in [1.807, 2.05) is 0 Å².